The van der Waals surface area contributed by atoms with Crippen LogP contribution in [0.15, 0.2) is 133 Å². The standard InChI is InChI=1S/C21H24N6.C17H14N4O.C9H10N2O.C8H10N2O/c1-14-6-4-7-17-19(14)25-20(26-21(17)23-11-5-10-22-2)15-8-9-18-16(12-15)13-24-27(18)3;1-10-4-3-5-13-15(10)19-16(20-17(13)22)11-6-7-14-12(8-11)9-18-21(14)2;1-11-9-4-3-8(12-2)5-7(9)6-10-11;1-5-3-2-4-6(7(5)9)8(10)11/h4,6-9,12-13,22H,5,10-11H2,1-3H3,(H,23,25,26);3-9H,1-2H3,(H,19,20,22);3-6H,1-2H3;2-4H,9H2,1H3,(H2,10,11). The van der Waals surface area contributed by atoms with Gasteiger partial charge in [-0.25, -0.2) is 15.0 Å². The Morgan fingerprint density at radius 1 is 0.653 bits per heavy atom. The van der Waals surface area contributed by atoms with Crippen LogP contribution in [0.5, 0.6) is 5.75 Å². The number of hydrogen-bond donors (Lipinski definition) is 5. The molecule has 1 amide bonds. The van der Waals surface area contributed by atoms with Gasteiger partial charge in [0.25, 0.3) is 11.5 Å². The van der Waals surface area contributed by atoms with Crippen molar-refractivity contribution in [3.63, 3.8) is 0 Å². The molecule has 7 N–H and O–H groups in total. The third-order valence-corrected chi connectivity index (χ3v) is 12.3. The monoisotopic (exact) mass is 962 g/mol. The molecule has 17 heteroatoms. The summed E-state index contributed by atoms with van der Waals surface area (Å²) in [5.74, 6) is 2.60. The van der Waals surface area contributed by atoms with Crippen LogP contribution in [-0.2, 0) is 21.1 Å². The second-order valence-corrected chi connectivity index (χ2v) is 17.3. The van der Waals surface area contributed by atoms with Crippen LogP contribution in [0.25, 0.3) is 77.3 Å². The molecule has 0 fully saturated rings. The minimum absolute atomic E-state index is 0.116. The Bertz CT molecular complexity index is 3800. The van der Waals surface area contributed by atoms with E-state index in [4.69, 9.17) is 26.2 Å². The van der Waals surface area contributed by atoms with Crippen LogP contribution in [0.2, 0.25) is 0 Å². The lowest BCUT2D eigenvalue weighted by atomic mass is 10.1. The third-order valence-electron chi connectivity index (χ3n) is 12.3. The second kappa shape index (κ2) is 21.8. The highest BCUT2D eigenvalue weighted by Gasteiger charge is 2.13. The number of nitrogens with two attached hydrogens (primary N) is 2. The number of para-hydroxylation sites is 3. The largest absolute Gasteiger partial charge is 0.497 e. The molecule has 0 saturated heterocycles. The lowest BCUT2D eigenvalue weighted by molar-refractivity contribution is 0.100. The van der Waals surface area contributed by atoms with Gasteiger partial charge in [-0.15, -0.1) is 0 Å². The van der Waals surface area contributed by atoms with Crippen molar-refractivity contribution < 1.29 is 9.53 Å². The Morgan fingerprint density at radius 2 is 1.19 bits per heavy atom. The summed E-state index contributed by atoms with van der Waals surface area (Å²) >= 11 is 0. The number of nitrogens with one attached hydrogen (secondary N) is 3. The van der Waals surface area contributed by atoms with E-state index in [1.807, 2.05) is 129 Å². The first kappa shape index (κ1) is 49.5. The quantitative estimate of drug-likeness (QED) is 0.0677. The van der Waals surface area contributed by atoms with Crippen molar-refractivity contribution >= 4 is 71.9 Å². The van der Waals surface area contributed by atoms with Crippen molar-refractivity contribution in [3.05, 3.63) is 160 Å². The maximum atomic E-state index is 12.3. The number of aromatic nitrogens is 10. The molecule has 0 aliphatic heterocycles. The Balaban J connectivity index is 0.000000137. The number of amides is 1. The van der Waals surface area contributed by atoms with E-state index in [1.54, 1.807) is 25.3 Å². The van der Waals surface area contributed by atoms with Crippen LogP contribution in [-0.4, -0.2) is 82.4 Å². The molecule has 0 spiro atoms. The van der Waals surface area contributed by atoms with E-state index in [0.717, 1.165) is 114 Å². The predicted octanol–water partition coefficient (Wildman–Crippen LogP) is 8.56. The summed E-state index contributed by atoms with van der Waals surface area (Å²) in [5.41, 5.74) is 21.3. The number of aryl methyl sites for hydroxylation is 6. The Labute approximate surface area is 415 Å². The maximum absolute atomic E-state index is 12.3. The molecule has 0 bridgehead atoms. The molecule has 0 radical (unpaired) electrons. The van der Waals surface area contributed by atoms with Crippen LogP contribution >= 0.6 is 0 Å². The average Bonchev–Trinajstić information content (AvgIpc) is 4.08. The van der Waals surface area contributed by atoms with Gasteiger partial charge in [-0.1, -0.05) is 36.4 Å². The number of ether oxygens (including phenoxy) is 1. The van der Waals surface area contributed by atoms with Gasteiger partial charge in [-0.2, -0.15) is 15.3 Å². The summed E-state index contributed by atoms with van der Waals surface area (Å²) in [4.78, 5) is 40.2. The molecular formula is C55H58N14O3. The topological polar surface area (TPSA) is 227 Å². The number of fused-ring (bicyclic) bond motifs is 5. The van der Waals surface area contributed by atoms with Crippen molar-refractivity contribution in [3.8, 4) is 28.5 Å². The molecule has 0 aliphatic rings. The molecule has 72 heavy (non-hydrogen) atoms. The van der Waals surface area contributed by atoms with Crippen molar-refractivity contribution in [2.45, 2.75) is 27.2 Å². The van der Waals surface area contributed by atoms with E-state index in [0.29, 0.717) is 22.5 Å². The number of H-pyrrole nitrogens is 1. The predicted molar refractivity (Wildman–Crippen MR) is 289 cm³/mol. The Hall–Kier alpha value is -8.96. The minimum atomic E-state index is -0.480. The number of anilines is 2. The van der Waals surface area contributed by atoms with E-state index in [-0.39, 0.29) is 5.56 Å². The zero-order chi connectivity index (χ0) is 51.1. The molecule has 17 nitrogen and oxygen atoms in total. The summed E-state index contributed by atoms with van der Waals surface area (Å²) in [6.07, 6.45) is 6.55. The van der Waals surface area contributed by atoms with Crippen molar-refractivity contribution in [1.82, 2.24) is 54.6 Å². The first-order valence-electron chi connectivity index (χ1n) is 23.3. The van der Waals surface area contributed by atoms with E-state index in [2.05, 4.69) is 79.2 Å². The van der Waals surface area contributed by atoms with Gasteiger partial charge in [0, 0.05) is 66.0 Å². The van der Waals surface area contributed by atoms with Crippen molar-refractivity contribution in [2.75, 3.05) is 38.3 Å². The van der Waals surface area contributed by atoms with Crippen molar-refractivity contribution in [2.24, 2.45) is 26.9 Å². The van der Waals surface area contributed by atoms with Gasteiger partial charge in [-0.05, 0) is 130 Å². The van der Waals surface area contributed by atoms with Crippen LogP contribution < -0.4 is 32.4 Å². The zero-order valence-electron chi connectivity index (χ0n) is 41.7. The lowest BCUT2D eigenvalue weighted by Crippen LogP contribution is -2.14. The van der Waals surface area contributed by atoms with Crippen molar-refractivity contribution in [1.29, 1.82) is 0 Å². The molecule has 11 aromatic rings. The fourth-order valence-corrected chi connectivity index (χ4v) is 8.25. The van der Waals surface area contributed by atoms with Crippen LogP contribution in [0, 0.1) is 20.8 Å². The highest BCUT2D eigenvalue weighted by Crippen LogP contribution is 2.29. The first-order valence-corrected chi connectivity index (χ1v) is 23.3. The molecule has 5 aromatic heterocycles. The number of primary amides is 1. The van der Waals surface area contributed by atoms with Gasteiger partial charge >= 0.3 is 0 Å². The van der Waals surface area contributed by atoms with Crippen LogP contribution in [0.3, 0.4) is 0 Å². The third kappa shape index (κ3) is 10.8. The van der Waals surface area contributed by atoms with Gasteiger partial charge in [0.1, 0.15) is 17.4 Å². The van der Waals surface area contributed by atoms with Gasteiger partial charge in [0.15, 0.2) is 5.82 Å². The van der Waals surface area contributed by atoms with Gasteiger partial charge in [0.2, 0.25) is 0 Å². The molecule has 0 saturated carbocycles. The van der Waals surface area contributed by atoms with Gasteiger partial charge in [-0.3, -0.25) is 23.6 Å². The summed E-state index contributed by atoms with van der Waals surface area (Å²) in [6, 6.07) is 35.1. The summed E-state index contributed by atoms with van der Waals surface area (Å²) in [7, 11) is 9.41. The summed E-state index contributed by atoms with van der Waals surface area (Å²) in [6.45, 7) is 7.72. The van der Waals surface area contributed by atoms with E-state index < -0.39 is 5.91 Å². The van der Waals surface area contributed by atoms with E-state index in [1.165, 1.54) is 0 Å². The first-order chi connectivity index (χ1) is 34.7. The number of carbonyl (C=O) groups is 1. The Kier molecular flexibility index (Phi) is 15.0. The lowest BCUT2D eigenvalue weighted by Gasteiger charge is -2.12. The molecule has 0 unspecified atom stereocenters. The summed E-state index contributed by atoms with van der Waals surface area (Å²) in [5, 5.41) is 24.3. The molecule has 366 valence electrons. The fraction of sp³-hybridized carbons (Fsp3) is 0.200. The zero-order valence-corrected chi connectivity index (χ0v) is 41.7. The number of nitrogen functional groups attached to an aromatic ring is 1. The molecule has 11 rings (SSSR count). The number of aromatic amines is 1. The maximum Gasteiger partial charge on any atom is 0.259 e. The highest BCUT2D eigenvalue weighted by molar-refractivity contribution is 5.98. The number of benzene rings is 6. The Morgan fingerprint density at radius 3 is 1.79 bits per heavy atom. The summed E-state index contributed by atoms with van der Waals surface area (Å²) < 4.78 is 10.6. The number of carbonyl (C=O) groups excluding carboxylic acids is 1. The van der Waals surface area contributed by atoms with Gasteiger partial charge in [0.05, 0.1) is 64.2 Å². The SMILES string of the molecule is CNCCCNc1nc(-c2ccc3c(cnn3C)c2)nc2c(C)cccc12.COc1ccc2c(cnn2C)c1.Cc1cccc(C(N)=O)c1N.Cc1cccc2c(=O)[nH]c(-c3ccc4c(cnn4C)c3)nc12. The normalized spacial score (nSPS) is 10.9. The number of rotatable bonds is 9. The molecular weight excluding hydrogens is 905 g/mol. The smallest absolute Gasteiger partial charge is 0.259 e. The number of nitrogens with zero attached hydrogens (tertiary/aromatic N) is 9. The van der Waals surface area contributed by atoms with E-state index in [9.17, 15) is 9.59 Å². The van der Waals surface area contributed by atoms with Crippen LogP contribution in [0.1, 0.15) is 33.5 Å². The molecule has 0 aliphatic carbocycles. The molecule has 5 heterocycles. The molecule has 0 atom stereocenters. The number of methoxy groups -OCH3 is 1. The average molecular weight is 963 g/mol. The minimum Gasteiger partial charge on any atom is -0.497 e. The highest BCUT2D eigenvalue weighted by atomic mass is 16.5. The number of hydrogen-bond acceptors (Lipinski definition) is 12. The fourth-order valence-electron chi connectivity index (χ4n) is 8.25. The molecule has 6 aromatic carbocycles. The van der Waals surface area contributed by atoms with Crippen LogP contribution in [0.4, 0.5) is 11.5 Å². The second-order valence-electron chi connectivity index (χ2n) is 17.3. The van der Waals surface area contributed by atoms with Gasteiger partial charge < -0.3 is 31.8 Å². The van der Waals surface area contributed by atoms with E-state index >= 15 is 0 Å².